The van der Waals surface area contributed by atoms with Gasteiger partial charge in [0.2, 0.25) is 0 Å². The van der Waals surface area contributed by atoms with Crippen LogP contribution in [0.3, 0.4) is 0 Å². The molecular formula is C10H18N2O2S2. The highest BCUT2D eigenvalue weighted by atomic mass is 32.2. The van der Waals surface area contributed by atoms with Crippen molar-refractivity contribution in [2.24, 2.45) is 4.99 Å². The fraction of sp³-hybridized carbons (Fsp3) is 0.900. The van der Waals surface area contributed by atoms with Gasteiger partial charge in [0, 0.05) is 11.3 Å². The molecule has 0 aromatic rings. The van der Waals surface area contributed by atoms with Crippen molar-refractivity contribution in [3.8, 4) is 0 Å². The molecule has 16 heavy (non-hydrogen) atoms. The number of thioether (sulfide) groups is 1. The summed E-state index contributed by atoms with van der Waals surface area (Å²) in [5.41, 5.74) is 0. The molecule has 4 nitrogen and oxygen atoms in total. The summed E-state index contributed by atoms with van der Waals surface area (Å²) in [5.74, 6) is 0.589. The van der Waals surface area contributed by atoms with E-state index in [9.17, 15) is 8.42 Å². The Labute approximate surface area is 101 Å². The molecule has 1 fully saturated rings. The predicted molar refractivity (Wildman–Crippen MR) is 68.8 cm³/mol. The average Bonchev–Trinajstić information content (AvgIpc) is 2.75. The van der Waals surface area contributed by atoms with E-state index in [2.05, 4.69) is 17.2 Å². The first-order valence-electron chi connectivity index (χ1n) is 5.77. The van der Waals surface area contributed by atoms with Crippen molar-refractivity contribution < 1.29 is 8.42 Å². The molecule has 2 atom stereocenters. The third kappa shape index (κ3) is 3.13. The molecular weight excluding hydrogens is 244 g/mol. The Hall–Kier alpha value is -0.230. The summed E-state index contributed by atoms with van der Waals surface area (Å²) in [5, 5.41) is 4.79. The van der Waals surface area contributed by atoms with Gasteiger partial charge in [0.05, 0.1) is 18.1 Å². The highest BCUT2D eigenvalue weighted by Gasteiger charge is 2.30. The molecule has 0 aliphatic carbocycles. The number of nitrogens with zero attached hydrogens (tertiary/aromatic N) is 1. The summed E-state index contributed by atoms with van der Waals surface area (Å²) in [7, 11) is -2.79. The number of hydrogen-bond acceptors (Lipinski definition) is 5. The lowest BCUT2D eigenvalue weighted by molar-refractivity contribution is 0.600. The molecule has 0 amide bonds. The lowest BCUT2D eigenvalue weighted by atomic mass is 10.2. The van der Waals surface area contributed by atoms with E-state index >= 15 is 0 Å². The van der Waals surface area contributed by atoms with Crippen molar-refractivity contribution in [3.63, 3.8) is 0 Å². The second-order valence-corrected chi connectivity index (χ2v) is 7.94. The van der Waals surface area contributed by atoms with Crippen LogP contribution < -0.4 is 5.32 Å². The van der Waals surface area contributed by atoms with Crippen molar-refractivity contribution in [1.29, 1.82) is 0 Å². The highest BCUT2D eigenvalue weighted by molar-refractivity contribution is 8.14. The maximum Gasteiger partial charge on any atom is 0.157 e. The zero-order chi connectivity index (χ0) is 11.6. The zero-order valence-corrected chi connectivity index (χ0v) is 11.1. The number of hydrogen-bond donors (Lipinski definition) is 1. The third-order valence-electron chi connectivity index (χ3n) is 2.89. The van der Waals surface area contributed by atoms with Crippen LogP contribution in [0, 0.1) is 0 Å². The molecule has 0 spiro atoms. The summed E-state index contributed by atoms with van der Waals surface area (Å²) in [6.07, 6.45) is 3.08. The Morgan fingerprint density at radius 3 is 3.00 bits per heavy atom. The quantitative estimate of drug-likeness (QED) is 0.825. The summed E-state index contributed by atoms with van der Waals surface area (Å²) in [6.45, 7) is 3.05. The Balaban J connectivity index is 1.80. The van der Waals surface area contributed by atoms with Crippen LogP contribution in [-0.4, -0.2) is 42.9 Å². The molecule has 2 rings (SSSR count). The molecule has 1 saturated heterocycles. The Bertz CT molecular complexity index is 378. The first-order chi connectivity index (χ1) is 7.59. The van der Waals surface area contributed by atoms with Gasteiger partial charge >= 0.3 is 0 Å². The van der Waals surface area contributed by atoms with Gasteiger partial charge in [-0.2, -0.15) is 0 Å². The Morgan fingerprint density at radius 2 is 2.38 bits per heavy atom. The Morgan fingerprint density at radius 1 is 1.56 bits per heavy atom. The lowest BCUT2D eigenvalue weighted by Crippen LogP contribution is -2.33. The van der Waals surface area contributed by atoms with Crippen molar-refractivity contribution in [2.75, 3.05) is 18.1 Å². The number of sulfone groups is 1. The van der Waals surface area contributed by atoms with Crippen molar-refractivity contribution in [3.05, 3.63) is 0 Å². The molecule has 2 aliphatic rings. The van der Waals surface area contributed by atoms with Gasteiger partial charge in [0.15, 0.2) is 15.0 Å². The molecule has 6 heteroatoms. The van der Waals surface area contributed by atoms with E-state index in [4.69, 9.17) is 0 Å². The molecule has 1 N–H and O–H groups in total. The zero-order valence-electron chi connectivity index (χ0n) is 9.48. The molecule has 2 heterocycles. The highest BCUT2D eigenvalue weighted by Crippen LogP contribution is 2.24. The monoisotopic (exact) mass is 262 g/mol. The van der Waals surface area contributed by atoms with Crippen LogP contribution in [-0.2, 0) is 9.84 Å². The van der Waals surface area contributed by atoms with Crippen LogP contribution in [0.25, 0.3) is 0 Å². The van der Waals surface area contributed by atoms with Gasteiger partial charge in [-0.3, -0.25) is 4.99 Å². The molecule has 0 saturated carbocycles. The predicted octanol–water partition coefficient (Wildman–Crippen LogP) is 1.03. The number of amidine groups is 1. The van der Waals surface area contributed by atoms with E-state index in [0.717, 1.165) is 18.1 Å². The molecule has 2 unspecified atom stereocenters. The number of nitrogens with one attached hydrogen (secondary N) is 1. The van der Waals surface area contributed by atoms with E-state index in [1.54, 1.807) is 11.8 Å². The van der Waals surface area contributed by atoms with Crippen LogP contribution in [0.5, 0.6) is 0 Å². The minimum absolute atomic E-state index is 0.0802. The van der Waals surface area contributed by atoms with Gasteiger partial charge < -0.3 is 5.32 Å². The summed E-state index contributed by atoms with van der Waals surface area (Å²) >= 11 is 1.77. The number of rotatable bonds is 3. The second kappa shape index (κ2) is 4.96. The van der Waals surface area contributed by atoms with Gasteiger partial charge in [0.1, 0.15) is 0 Å². The maximum atomic E-state index is 11.3. The van der Waals surface area contributed by atoms with Crippen molar-refractivity contribution in [1.82, 2.24) is 5.32 Å². The van der Waals surface area contributed by atoms with Gasteiger partial charge in [-0.15, -0.1) is 0 Å². The molecule has 0 aromatic heterocycles. The van der Waals surface area contributed by atoms with Crippen LogP contribution in [0.1, 0.15) is 26.2 Å². The summed E-state index contributed by atoms with van der Waals surface area (Å²) < 4.78 is 22.6. The molecule has 2 aliphatic heterocycles. The third-order valence-corrected chi connectivity index (χ3v) is 5.84. The fourth-order valence-electron chi connectivity index (χ4n) is 2.05. The SMILES string of the molecule is CCCC1CN=C(NC2CCS(=O)(=O)C2)S1. The normalized spacial score (nSPS) is 32.7. The smallest absolute Gasteiger partial charge is 0.157 e. The van der Waals surface area contributed by atoms with E-state index in [1.807, 2.05) is 0 Å². The topological polar surface area (TPSA) is 58.5 Å². The molecule has 92 valence electrons. The van der Waals surface area contributed by atoms with Gasteiger partial charge in [-0.1, -0.05) is 25.1 Å². The first-order valence-corrected chi connectivity index (χ1v) is 8.47. The van der Waals surface area contributed by atoms with Gasteiger partial charge in [-0.25, -0.2) is 8.42 Å². The van der Waals surface area contributed by atoms with Crippen molar-refractivity contribution in [2.45, 2.75) is 37.5 Å². The van der Waals surface area contributed by atoms with Gasteiger partial charge in [-0.05, 0) is 12.8 Å². The standard InChI is InChI=1S/C10H18N2O2S2/c1-2-3-9-6-11-10(15-9)12-8-4-5-16(13,14)7-8/h8-9H,2-7H2,1H3,(H,11,12). The number of aliphatic imine (C=N–C) groups is 1. The van der Waals surface area contributed by atoms with Crippen LogP contribution in [0.15, 0.2) is 4.99 Å². The fourth-order valence-corrected chi connectivity index (χ4v) is 4.93. The van der Waals surface area contributed by atoms with Crippen molar-refractivity contribution >= 4 is 26.8 Å². The molecule has 0 bridgehead atoms. The minimum atomic E-state index is -2.79. The van der Waals surface area contributed by atoms with Crippen LogP contribution in [0.4, 0.5) is 0 Å². The van der Waals surface area contributed by atoms with Gasteiger partial charge in [0.25, 0.3) is 0 Å². The summed E-state index contributed by atoms with van der Waals surface area (Å²) in [6, 6.07) is 0.0802. The Kier molecular flexibility index (Phi) is 3.79. The minimum Gasteiger partial charge on any atom is -0.361 e. The first kappa shape index (κ1) is 12.2. The van der Waals surface area contributed by atoms with E-state index in [0.29, 0.717) is 11.0 Å². The molecule has 0 radical (unpaired) electrons. The largest absolute Gasteiger partial charge is 0.361 e. The lowest BCUT2D eigenvalue weighted by Gasteiger charge is -2.12. The van der Waals surface area contributed by atoms with E-state index in [1.165, 1.54) is 12.8 Å². The van der Waals surface area contributed by atoms with Crippen LogP contribution >= 0.6 is 11.8 Å². The second-order valence-electron chi connectivity index (χ2n) is 4.42. The van der Waals surface area contributed by atoms with E-state index < -0.39 is 9.84 Å². The van der Waals surface area contributed by atoms with E-state index in [-0.39, 0.29) is 11.8 Å². The maximum absolute atomic E-state index is 11.3. The average molecular weight is 262 g/mol. The summed E-state index contributed by atoms with van der Waals surface area (Å²) in [4.78, 5) is 4.42. The van der Waals surface area contributed by atoms with Crippen LogP contribution in [0.2, 0.25) is 0 Å². The molecule has 0 aromatic carbocycles.